The zero-order valence-corrected chi connectivity index (χ0v) is 9.30. The van der Waals surface area contributed by atoms with Crippen LogP contribution in [0.3, 0.4) is 0 Å². The molecule has 0 aromatic carbocycles. The van der Waals surface area contributed by atoms with E-state index in [2.05, 4.69) is 5.10 Å². The van der Waals surface area contributed by atoms with Gasteiger partial charge in [0.15, 0.2) is 5.03 Å². The van der Waals surface area contributed by atoms with Crippen molar-refractivity contribution < 1.29 is 12.3 Å². The van der Waals surface area contributed by atoms with Crippen molar-refractivity contribution in [2.24, 2.45) is 0 Å². The molecule has 1 fully saturated rings. The molecule has 1 saturated carbocycles. The van der Waals surface area contributed by atoms with E-state index in [4.69, 9.17) is 0 Å². The lowest BCUT2D eigenvalue weighted by atomic mass is 10.3. The first-order valence-corrected chi connectivity index (χ1v) is 6.37. The topological polar surface area (TPSA) is 52.0 Å². The number of hydrogen-bond acceptors (Lipinski definition) is 3. The number of nitrogens with zero attached hydrogens (tertiary/aromatic N) is 2. The summed E-state index contributed by atoms with van der Waals surface area (Å²) in [5.41, 5.74) is 0.540. The lowest BCUT2D eigenvalue weighted by Gasteiger charge is -2.11. The maximum Gasteiger partial charge on any atom is 0.349 e. The number of hydrogen-bond donors (Lipinski definition) is 0. The molecule has 84 valence electrons. The Kier molecular flexibility index (Phi) is 2.54. The van der Waals surface area contributed by atoms with Gasteiger partial charge < -0.3 is 0 Å². The first-order chi connectivity index (χ1) is 6.98. The van der Waals surface area contributed by atoms with Crippen LogP contribution in [0.15, 0.2) is 11.1 Å². The molecule has 1 heterocycles. The van der Waals surface area contributed by atoms with Crippen molar-refractivity contribution in [2.75, 3.05) is 0 Å². The third kappa shape index (κ3) is 2.04. The number of aryl methyl sites for hydroxylation is 1. The van der Waals surface area contributed by atoms with Crippen LogP contribution in [0.25, 0.3) is 0 Å². The second-order valence-corrected chi connectivity index (χ2v) is 5.24. The first-order valence-electron chi connectivity index (χ1n) is 4.99. The van der Waals surface area contributed by atoms with Crippen LogP contribution in [-0.2, 0) is 10.2 Å². The summed E-state index contributed by atoms with van der Waals surface area (Å²) in [7, 11) is -4.65. The lowest BCUT2D eigenvalue weighted by Crippen LogP contribution is -2.12. The summed E-state index contributed by atoms with van der Waals surface area (Å²) in [5, 5.41) is 3.76. The highest BCUT2D eigenvalue weighted by Gasteiger charge is 2.26. The Bertz CT molecular complexity index is 460. The fourth-order valence-corrected chi connectivity index (χ4v) is 2.81. The van der Waals surface area contributed by atoms with Crippen LogP contribution in [0.4, 0.5) is 3.89 Å². The summed E-state index contributed by atoms with van der Waals surface area (Å²) < 4.78 is 36.1. The molecule has 0 amide bonds. The molecule has 0 unspecified atom stereocenters. The van der Waals surface area contributed by atoms with E-state index < -0.39 is 10.2 Å². The third-order valence-electron chi connectivity index (χ3n) is 2.74. The lowest BCUT2D eigenvalue weighted by molar-refractivity contribution is 0.420. The normalized spacial score (nSPS) is 18.5. The van der Waals surface area contributed by atoms with Crippen LogP contribution >= 0.6 is 0 Å². The summed E-state index contributed by atoms with van der Waals surface area (Å²) in [6.45, 7) is 1.67. The maximum atomic E-state index is 13.0. The summed E-state index contributed by atoms with van der Waals surface area (Å²) >= 11 is 0. The molecule has 0 spiro atoms. The molecule has 2 rings (SSSR count). The smallest absolute Gasteiger partial charge is 0.248 e. The Morgan fingerprint density at radius 2 is 2.07 bits per heavy atom. The van der Waals surface area contributed by atoms with Crippen molar-refractivity contribution in [1.82, 2.24) is 9.78 Å². The van der Waals surface area contributed by atoms with Gasteiger partial charge in [-0.05, 0) is 19.8 Å². The fourth-order valence-electron chi connectivity index (χ4n) is 2.09. The molecule has 0 N–H and O–H groups in total. The van der Waals surface area contributed by atoms with E-state index in [0.29, 0.717) is 5.69 Å². The molecular weight excluding hydrogens is 219 g/mol. The van der Waals surface area contributed by atoms with Crippen LogP contribution in [0, 0.1) is 6.92 Å². The van der Waals surface area contributed by atoms with Gasteiger partial charge in [-0.15, -0.1) is 0 Å². The summed E-state index contributed by atoms with van der Waals surface area (Å²) in [6.07, 6.45) is 3.86. The second-order valence-electron chi connectivity index (χ2n) is 3.94. The molecule has 6 heteroatoms. The highest BCUT2D eigenvalue weighted by Crippen LogP contribution is 2.31. The van der Waals surface area contributed by atoms with Gasteiger partial charge in [0.05, 0.1) is 11.7 Å². The Hall–Kier alpha value is -0.910. The van der Waals surface area contributed by atoms with Crippen molar-refractivity contribution in [3.8, 4) is 0 Å². The first kappa shape index (κ1) is 10.6. The molecule has 15 heavy (non-hydrogen) atoms. The second kappa shape index (κ2) is 3.59. The zero-order chi connectivity index (χ0) is 11.1. The molecule has 4 nitrogen and oxygen atoms in total. The SMILES string of the molecule is Cc1cc(S(=O)(=O)F)n(C2CCCC2)n1. The Balaban J connectivity index is 2.46. The van der Waals surface area contributed by atoms with Gasteiger partial charge in [-0.1, -0.05) is 16.7 Å². The number of halogens is 1. The van der Waals surface area contributed by atoms with Gasteiger partial charge >= 0.3 is 10.2 Å². The predicted molar refractivity (Wildman–Crippen MR) is 52.8 cm³/mol. The van der Waals surface area contributed by atoms with Crippen molar-refractivity contribution in [2.45, 2.75) is 43.7 Å². The Morgan fingerprint density at radius 3 is 2.60 bits per heavy atom. The van der Waals surface area contributed by atoms with E-state index in [1.807, 2.05) is 0 Å². The van der Waals surface area contributed by atoms with Crippen LogP contribution in [-0.4, -0.2) is 18.2 Å². The van der Waals surface area contributed by atoms with E-state index in [-0.39, 0.29) is 11.1 Å². The zero-order valence-electron chi connectivity index (χ0n) is 8.48. The van der Waals surface area contributed by atoms with Crippen molar-refractivity contribution in [3.63, 3.8) is 0 Å². The number of rotatable bonds is 2. The van der Waals surface area contributed by atoms with E-state index in [0.717, 1.165) is 25.7 Å². The Morgan fingerprint density at radius 1 is 1.47 bits per heavy atom. The van der Waals surface area contributed by atoms with Crippen LogP contribution in [0.2, 0.25) is 0 Å². The molecule has 1 aliphatic rings. The summed E-state index contributed by atoms with van der Waals surface area (Å²) in [5.74, 6) is 0. The Labute approximate surface area is 88.3 Å². The van der Waals surface area contributed by atoms with Crippen molar-refractivity contribution in [3.05, 3.63) is 11.8 Å². The fraction of sp³-hybridized carbons (Fsp3) is 0.667. The van der Waals surface area contributed by atoms with Crippen molar-refractivity contribution in [1.29, 1.82) is 0 Å². The van der Waals surface area contributed by atoms with Gasteiger partial charge in [0.25, 0.3) is 0 Å². The molecule has 0 aliphatic heterocycles. The van der Waals surface area contributed by atoms with E-state index in [1.165, 1.54) is 10.7 Å². The standard InChI is InChI=1S/C9H13FN2O2S/c1-7-6-9(15(10,13)14)12(11-7)8-4-2-3-5-8/h6,8H,2-5H2,1H3. The minimum Gasteiger partial charge on any atom is -0.248 e. The molecule has 0 bridgehead atoms. The quantitative estimate of drug-likeness (QED) is 0.732. The largest absolute Gasteiger partial charge is 0.349 e. The maximum absolute atomic E-state index is 13.0. The molecule has 1 aliphatic carbocycles. The van der Waals surface area contributed by atoms with Crippen LogP contribution < -0.4 is 0 Å². The molecule has 0 radical (unpaired) electrons. The summed E-state index contributed by atoms with van der Waals surface area (Å²) in [4.78, 5) is 0. The average molecular weight is 232 g/mol. The van der Waals surface area contributed by atoms with Crippen molar-refractivity contribution >= 4 is 10.2 Å². The molecular formula is C9H13FN2O2S. The van der Waals surface area contributed by atoms with E-state index >= 15 is 0 Å². The third-order valence-corrected chi connectivity index (χ3v) is 3.55. The highest BCUT2D eigenvalue weighted by atomic mass is 32.3. The minimum absolute atomic E-state index is 0.0409. The van der Waals surface area contributed by atoms with Gasteiger partial charge in [-0.25, -0.2) is 4.68 Å². The van der Waals surface area contributed by atoms with E-state index in [1.54, 1.807) is 6.92 Å². The van der Waals surface area contributed by atoms with E-state index in [9.17, 15) is 12.3 Å². The van der Waals surface area contributed by atoms with Crippen LogP contribution in [0.5, 0.6) is 0 Å². The molecule has 0 saturated heterocycles. The van der Waals surface area contributed by atoms with Gasteiger partial charge in [0.2, 0.25) is 0 Å². The van der Waals surface area contributed by atoms with Gasteiger partial charge in [-0.2, -0.15) is 13.5 Å². The summed E-state index contributed by atoms with van der Waals surface area (Å²) in [6, 6.07) is 1.33. The van der Waals surface area contributed by atoms with Gasteiger partial charge in [0.1, 0.15) is 0 Å². The molecule has 1 aromatic heterocycles. The minimum atomic E-state index is -4.65. The molecule has 0 atom stereocenters. The van der Waals surface area contributed by atoms with Gasteiger partial charge in [-0.3, -0.25) is 0 Å². The predicted octanol–water partition coefficient (Wildman–Crippen LogP) is 1.96. The highest BCUT2D eigenvalue weighted by molar-refractivity contribution is 7.86. The average Bonchev–Trinajstić information content (AvgIpc) is 2.68. The van der Waals surface area contributed by atoms with Gasteiger partial charge in [0, 0.05) is 6.07 Å². The monoisotopic (exact) mass is 232 g/mol. The number of aromatic nitrogens is 2. The molecule has 1 aromatic rings. The van der Waals surface area contributed by atoms with Crippen LogP contribution in [0.1, 0.15) is 37.4 Å².